The summed E-state index contributed by atoms with van der Waals surface area (Å²) in [5.74, 6) is -1.72. The van der Waals surface area contributed by atoms with Crippen molar-refractivity contribution >= 4 is 5.97 Å². The van der Waals surface area contributed by atoms with E-state index >= 15 is 0 Å². The molecule has 0 aliphatic rings. The number of hydrogen-bond donors (Lipinski definition) is 1. The number of hydrogen-bond acceptors (Lipinski definition) is 4. The zero-order chi connectivity index (χ0) is 14.7. The number of esters is 1. The van der Waals surface area contributed by atoms with E-state index in [1.807, 2.05) is 0 Å². The Morgan fingerprint density at radius 1 is 1.47 bits per heavy atom. The summed E-state index contributed by atoms with van der Waals surface area (Å²) in [4.78, 5) is 15.2. The summed E-state index contributed by atoms with van der Waals surface area (Å²) in [6, 6.07) is 3.10. The van der Waals surface area contributed by atoms with E-state index in [0.29, 0.717) is 5.56 Å². The topological polar surface area (TPSA) is 59.4 Å². The third-order valence-electron chi connectivity index (χ3n) is 2.62. The van der Waals surface area contributed by atoms with Crippen LogP contribution in [0.25, 0.3) is 0 Å². The normalized spacial score (nSPS) is 14.8. The monoisotopic (exact) mass is 277 g/mol. The molecular weight excluding hydrogens is 263 g/mol. The van der Waals surface area contributed by atoms with Gasteiger partial charge in [0.2, 0.25) is 0 Å². The number of aromatic nitrogens is 1. The van der Waals surface area contributed by atoms with E-state index in [9.17, 15) is 23.1 Å². The molecule has 0 aliphatic heterocycles. The van der Waals surface area contributed by atoms with Crippen molar-refractivity contribution in [1.82, 2.24) is 4.98 Å². The van der Waals surface area contributed by atoms with E-state index < -0.39 is 24.2 Å². The summed E-state index contributed by atoms with van der Waals surface area (Å²) in [7, 11) is 0. The van der Waals surface area contributed by atoms with Crippen molar-refractivity contribution in [3.63, 3.8) is 0 Å². The Balaban J connectivity index is 3.13. The number of pyridine rings is 1. The first-order chi connectivity index (χ1) is 8.72. The molecule has 0 aromatic carbocycles. The predicted octanol–water partition coefficient (Wildman–Crippen LogP) is 1.79. The van der Waals surface area contributed by atoms with Crippen LogP contribution >= 0.6 is 0 Å². The van der Waals surface area contributed by atoms with Crippen molar-refractivity contribution in [3.05, 3.63) is 29.6 Å². The number of alkyl halides is 3. The van der Waals surface area contributed by atoms with Crippen LogP contribution in [0.15, 0.2) is 18.3 Å². The van der Waals surface area contributed by atoms with Crippen molar-refractivity contribution in [2.45, 2.75) is 32.0 Å². The maximum absolute atomic E-state index is 12.9. The lowest BCUT2D eigenvalue weighted by atomic mass is 9.95. The zero-order valence-electron chi connectivity index (χ0n) is 10.5. The minimum atomic E-state index is -5.14. The van der Waals surface area contributed by atoms with Gasteiger partial charge < -0.3 is 9.84 Å². The molecular formula is C12H14F3NO3. The van der Waals surface area contributed by atoms with Crippen LogP contribution < -0.4 is 0 Å². The van der Waals surface area contributed by atoms with Gasteiger partial charge in [-0.05, 0) is 25.5 Å². The molecule has 1 heterocycles. The minimum absolute atomic E-state index is 0.00428. The van der Waals surface area contributed by atoms with Gasteiger partial charge in [0.25, 0.3) is 5.60 Å². The lowest BCUT2D eigenvalue weighted by Crippen LogP contribution is -2.54. The Kier molecular flexibility index (Phi) is 4.52. The molecule has 0 radical (unpaired) electrons. The van der Waals surface area contributed by atoms with E-state index in [-0.39, 0.29) is 12.3 Å². The Labute approximate surface area is 108 Å². The number of aryl methyl sites for hydroxylation is 1. The molecule has 0 saturated carbocycles. The maximum Gasteiger partial charge on any atom is 0.428 e. The van der Waals surface area contributed by atoms with Gasteiger partial charge in [0, 0.05) is 18.3 Å². The minimum Gasteiger partial charge on any atom is -0.464 e. The Morgan fingerprint density at radius 2 is 2.11 bits per heavy atom. The summed E-state index contributed by atoms with van der Waals surface area (Å²) >= 11 is 0. The molecule has 1 atom stereocenters. The molecule has 0 aliphatic carbocycles. The molecule has 4 nitrogen and oxygen atoms in total. The van der Waals surface area contributed by atoms with Crippen LogP contribution in [-0.2, 0) is 16.0 Å². The number of halogens is 3. The highest BCUT2D eigenvalue weighted by Crippen LogP contribution is 2.34. The first-order valence-electron chi connectivity index (χ1n) is 5.59. The number of ether oxygens (including phenoxy) is 1. The van der Waals surface area contributed by atoms with Crippen molar-refractivity contribution in [3.8, 4) is 0 Å². The smallest absolute Gasteiger partial charge is 0.428 e. The Hall–Kier alpha value is -1.63. The van der Waals surface area contributed by atoms with E-state index in [1.165, 1.54) is 13.1 Å². The molecule has 7 heteroatoms. The van der Waals surface area contributed by atoms with Gasteiger partial charge >= 0.3 is 12.1 Å². The fourth-order valence-electron chi connectivity index (χ4n) is 1.48. The van der Waals surface area contributed by atoms with Crippen molar-refractivity contribution in [2.75, 3.05) is 6.61 Å². The zero-order valence-corrected chi connectivity index (χ0v) is 10.5. The van der Waals surface area contributed by atoms with E-state index in [2.05, 4.69) is 9.72 Å². The molecule has 1 rings (SSSR count). The van der Waals surface area contributed by atoms with Crippen LogP contribution in [0.5, 0.6) is 0 Å². The van der Waals surface area contributed by atoms with Crippen LogP contribution in [0.2, 0.25) is 0 Å². The largest absolute Gasteiger partial charge is 0.464 e. The quantitative estimate of drug-likeness (QED) is 0.852. The van der Waals surface area contributed by atoms with Crippen LogP contribution in [0.4, 0.5) is 13.2 Å². The molecule has 0 saturated heterocycles. The van der Waals surface area contributed by atoms with Crippen LogP contribution in [-0.4, -0.2) is 34.4 Å². The highest BCUT2D eigenvalue weighted by atomic mass is 19.4. The summed E-state index contributed by atoms with van der Waals surface area (Å²) in [5, 5.41) is 9.69. The molecule has 1 aromatic rings. The highest BCUT2D eigenvalue weighted by Gasteiger charge is 2.61. The molecule has 1 unspecified atom stereocenters. The van der Waals surface area contributed by atoms with Crippen LogP contribution in [0.1, 0.15) is 18.2 Å². The molecule has 0 bridgehead atoms. The lowest BCUT2D eigenvalue weighted by molar-refractivity contribution is -0.262. The van der Waals surface area contributed by atoms with Gasteiger partial charge in [0.15, 0.2) is 0 Å². The number of nitrogens with zero attached hydrogens (tertiary/aromatic N) is 1. The summed E-state index contributed by atoms with van der Waals surface area (Å²) in [6.07, 6.45) is -4.81. The van der Waals surface area contributed by atoms with Gasteiger partial charge in [-0.2, -0.15) is 13.2 Å². The second kappa shape index (κ2) is 5.56. The first kappa shape index (κ1) is 15.4. The second-order valence-electron chi connectivity index (χ2n) is 4.02. The van der Waals surface area contributed by atoms with Gasteiger partial charge in [-0.3, -0.25) is 4.98 Å². The third kappa shape index (κ3) is 3.23. The van der Waals surface area contributed by atoms with Gasteiger partial charge in [0.05, 0.1) is 6.61 Å². The van der Waals surface area contributed by atoms with Crippen molar-refractivity contribution in [1.29, 1.82) is 0 Å². The average molecular weight is 277 g/mol. The van der Waals surface area contributed by atoms with Gasteiger partial charge in [0.1, 0.15) is 0 Å². The van der Waals surface area contributed by atoms with E-state index in [4.69, 9.17) is 0 Å². The number of rotatable bonds is 4. The number of carbonyl (C=O) groups is 1. The fraction of sp³-hybridized carbons (Fsp3) is 0.500. The first-order valence-corrected chi connectivity index (χ1v) is 5.59. The van der Waals surface area contributed by atoms with Gasteiger partial charge in [-0.1, -0.05) is 6.07 Å². The van der Waals surface area contributed by atoms with Crippen LogP contribution in [0.3, 0.4) is 0 Å². The molecule has 0 spiro atoms. The maximum atomic E-state index is 12.9. The molecule has 1 aromatic heterocycles. The van der Waals surface area contributed by atoms with Gasteiger partial charge in [-0.25, -0.2) is 4.79 Å². The highest BCUT2D eigenvalue weighted by molar-refractivity contribution is 5.80. The molecule has 1 N–H and O–H groups in total. The standard InChI is InChI=1S/C12H14F3NO3/c1-3-19-10(17)11(18,12(13,14)15)7-9-8(2)5-4-6-16-9/h4-6,18H,3,7H2,1-2H3. The predicted molar refractivity (Wildman–Crippen MR) is 60.3 cm³/mol. The Bertz CT molecular complexity index is 462. The van der Waals surface area contributed by atoms with Crippen LogP contribution in [0, 0.1) is 6.92 Å². The van der Waals surface area contributed by atoms with E-state index in [1.54, 1.807) is 19.1 Å². The molecule has 19 heavy (non-hydrogen) atoms. The lowest BCUT2D eigenvalue weighted by Gasteiger charge is -2.28. The number of carbonyl (C=O) groups excluding carboxylic acids is 1. The summed E-state index contributed by atoms with van der Waals surface area (Å²) < 4.78 is 43.1. The summed E-state index contributed by atoms with van der Waals surface area (Å²) in [5.41, 5.74) is -3.13. The van der Waals surface area contributed by atoms with Crippen molar-refractivity contribution in [2.24, 2.45) is 0 Å². The fourth-order valence-corrected chi connectivity index (χ4v) is 1.48. The van der Waals surface area contributed by atoms with Crippen molar-refractivity contribution < 1.29 is 27.8 Å². The summed E-state index contributed by atoms with van der Waals surface area (Å²) in [6.45, 7) is 2.66. The Morgan fingerprint density at radius 3 is 2.58 bits per heavy atom. The second-order valence-corrected chi connectivity index (χ2v) is 4.02. The number of aliphatic hydroxyl groups is 1. The average Bonchev–Trinajstić information content (AvgIpc) is 2.30. The SMILES string of the molecule is CCOC(=O)C(O)(Cc1ncccc1C)C(F)(F)F. The van der Waals surface area contributed by atoms with E-state index in [0.717, 1.165) is 0 Å². The molecule has 106 valence electrons. The molecule has 0 fully saturated rings. The third-order valence-corrected chi connectivity index (χ3v) is 2.62. The van der Waals surface area contributed by atoms with Gasteiger partial charge in [-0.15, -0.1) is 0 Å². The molecule has 0 amide bonds.